The van der Waals surface area contributed by atoms with E-state index in [1.54, 1.807) is 10.0 Å². The van der Waals surface area contributed by atoms with Crippen molar-refractivity contribution in [2.24, 2.45) is 0 Å². The van der Waals surface area contributed by atoms with Crippen LogP contribution in [-0.2, 0) is 23.7 Å². The summed E-state index contributed by atoms with van der Waals surface area (Å²) in [7, 11) is 0. The Hall–Kier alpha value is -7.66. The summed E-state index contributed by atoms with van der Waals surface area (Å²) in [6.07, 6.45) is 4.90. The van der Waals surface area contributed by atoms with Crippen molar-refractivity contribution in [3.05, 3.63) is 247 Å². The second kappa shape index (κ2) is 19.6. The minimum absolute atomic E-state index is 0.0115. The van der Waals surface area contributed by atoms with Crippen LogP contribution in [-0.4, -0.2) is 21.7 Å². The third-order valence-electron chi connectivity index (χ3n) is 16.8. The van der Waals surface area contributed by atoms with Gasteiger partial charge in [-0.25, -0.2) is 0 Å². The molecule has 0 N–H and O–H groups in total. The van der Waals surface area contributed by atoms with E-state index in [9.17, 15) is 0 Å². The van der Waals surface area contributed by atoms with Crippen LogP contribution in [0.1, 0.15) is 76.6 Å². The molecule has 2 nitrogen and oxygen atoms in total. The van der Waals surface area contributed by atoms with Crippen LogP contribution in [0, 0.1) is 0 Å². The van der Waals surface area contributed by atoms with E-state index in [-0.39, 0.29) is 32.5 Å². The molecule has 384 valence electrons. The first-order valence-corrected chi connectivity index (χ1v) is 30.8. The van der Waals surface area contributed by atoms with Crippen molar-refractivity contribution in [3.63, 3.8) is 0 Å². The van der Waals surface area contributed by atoms with E-state index in [1.165, 1.54) is 128 Å². The maximum atomic E-state index is 2.68. The van der Waals surface area contributed by atoms with Crippen LogP contribution >= 0.6 is 11.3 Å². The summed E-state index contributed by atoms with van der Waals surface area (Å²) in [5, 5.41) is 1.44. The summed E-state index contributed by atoms with van der Waals surface area (Å²) in [4.78, 5) is 5.19. The summed E-state index contributed by atoms with van der Waals surface area (Å²) in [6, 6.07) is 85.4. The fraction of sp³-hybridized carbons (Fsp3) is 0.162. The number of nitrogens with zero attached hydrogens (tertiary/aromatic N) is 2. The summed E-state index contributed by atoms with van der Waals surface area (Å²) in [5.41, 5.74) is 25.5. The van der Waals surface area contributed by atoms with E-state index < -0.39 is 0 Å². The summed E-state index contributed by atoms with van der Waals surface area (Å²) < 4.78 is 5.93. The number of hydrogen-bond acceptors (Lipinski definition) is 3. The molecule has 0 atom stereocenters. The fourth-order valence-corrected chi connectivity index (χ4v) is 17.1. The van der Waals surface area contributed by atoms with Gasteiger partial charge in [-0.2, -0.15) is 0 Å². The van der Waals surface area contributed by atoms with Gasteiger partial charge in [-0.1, -0.05) is 39.0 Å². The van der Waals surface area contributed by atoms with E-state index in [0.717, 1.165) is 23.5 Å². The average molecular weight is 1100 g/mol. The van der Waals surface area contributed by atoms with Crippen molar-refractivity contribution in [1.29, 1.82) is 0 Å². The van der Waals surface area contributed by atoms with E-state index in [0.29, 0.717) is 0 Å². The Balaban J connectivity index is 1.05. The quantitative estimate of drug-likeness (QED) is 0.140. The first kappa shape index (κ1) is 49.6. The number of para-hydroxylation sites is 1. The number of aryl methyl sites for hydroxylation is 1. The summed E-state index contributed by atoms with van der Waals surface area (Å²) in [6.45, 7) is 14.1. The monoisotopic (exact) mass is 1100 g/mol. The Morgan fingerprint density at radius 1 is 0.468 bits per heavy atom. The third kappa shape index (κ3) is 8.79. The van der Waals surface area contributed by atoms with Crippen LogP contribution < -0.4 is 34.4 Å². The van der Waals surface area contributed by atoms with Gasteiger partial charge < -0.3 is 0 Å². The first-order chi connectivity index (χ1) is 38.4. The van der Waals surface area contributed by atoms with Crippen molar-refractivity contribution < 1.29 is 0 Å². The molecule has 0 fully saturated rings. The van der Waals surface area contributed by atoms with Crippen molar-refractivity contribution in [2.45, 2.75) is 78.1 Å². The van der Waals surface area contributed by atoms with Crippen LogP contribution in [0.5, 0.6) is 0 Å². The molecule has 14 rings (SSSR count). The molecule has 0 amide bonds. The topological polar surface area (TPSA) is 6.48 Å². The zero-order chi connectivity index (χ0) is 53.6. The predicted molar refractivity (Wildman–Crippen MR) is 343 cm³/mol. The second-order valence-electron chi connectivity index (χ2n) is 23.9. The molecule has 11 aromatic rings. The van der Waals surface area contributed by atoms with Crippen molar-refractivity contribution in [1.82, 2.24) is 0 Å². The fourth-order valence-electron chi connectivity index (χ4n) is 12.7. The van der Waals surface area contributed by atoms with E-state index in [2.05, 4.69) is 276 Å². The number of rotatable bonds is 8. The van der Waals surface area contributed by atoms with Gasteiger partial charge in [0.25, 0.3) is 0 Å². The van der Waals surface area contributed by atoms with Gasteiger partial charge in [-0.05, 0) is 5.41 Å². The van der Waals surface area contributed by atoms with E-state index in [1.807, 2.05) is 11.3 Å². The Bertz CT molecular complexity index is 4130. The van der Waals surface area contributed by atoms with Crippen LogP contribution in [0.15, 0.2) is 224 Å². The molecule has 3 aliphatic rings. The molecule has 0 radical (unpaired) electrons. The molecule has 0 spiro atoms. The van der Waals surface area contributed by atoms with Crippen LogP contribution in [0.4, 0.5) is 34.1 Å². The molecule has 1 aliphatic carbocycles. The Morgan fingerprint density at radius 3 is 1.85 bits per heavy atom. The van der Waals surface area contributed by atoms with Crippen molar-refractivity contribution in [3.8, 4) is 44.5 Å². The number of fused-ring (bicyclic) bond motifs is 7. The maximum absolute atomic E-state index is 2.68. The van der Waals surface area contributed by atoms with E-state index >= 15 is 0 Å². The number of benzene rings is 10. The normalized spacial score (nSPS) is 13.6. The molecule has 0 saturated heterocycles. The van der Waals surface area contributed by atoms with Gasteiger partial charge in [0.1, 0.15) is 0 Å². The van der Waals surface area contributed by atoms with Crippen LogP contribution in [0.2, 0.25) is 0 Å². The number of hydrogen-bond donors (Lipinski definition) is 0. The molecule has 0 bridgehead atoms. The molecule has 0 unspecified atom stereocenters. The summed E-state index contributed by atoms with van der Waals surface area (Å²) >= 11 is 2.09. The Labute approximate surface area is 477 Å². The molecule has 79 heavy (non-hydrogen) atoms. The summed E-state index contributed by atoms with van der Waals surface area (Å²) in [5.74, 6) is 0. The third-order valence-corrected chi connectivity index (χ3v) is 20.9. The average Bonchev–Trinajstić information content (AvgIpc) is 3.89. The number of thiophene rings is 1. The molecule has 0 saturated carbocycles. The second-order valence-corrected chi connectivity index (χ2v) is 27.2. The molecule has 10 aromatic carbocycles. The first-order valence-electron chi connectivity index (χ1n) is 28.2. The predicted octanol–water partition coefficient (Wildman–Crippen LogP) is 16.8. The van der Waals surface area contributed by atoms with Gasteiger partial charge in [0.15, 0.2) is 0 Å². The van der Waals surface area contributed by atoms with Gasteiger partial charge in [-0.15, -0.1) is 0 Å². The van der Waals surface area contributed by atoms with Crippen molar-refractivity contribution >= 4 is 102 Å². The minimum atomic E-state index is -0.0992. The van der Waals surface area contributed by atoms with Gasteiger partial charge in [0, 0.05) is 0 Å². The van der Waals surface area contributed by atoms with Crippen LogP contribution in [0.3, 0.4) is 0 Å². The van der Waals surface area contributed by atoms with Gasteiger partial charge in [0.05, 0.1) is 0 Å². The Morgan fingerprint density at radius 2 is 1.11 bits per heavy atom. The number of anilines is 6. The van der Waals surface area contributed by atoms with Gasteiger partial charge in [0.2, 0.25) is 0 Å². The molecule has 3 heterocycles. The zero-order valence-corrected chi connectivity index (χ0v) is 48.5. The standard InChI is InChI=1S/C74H63BN2SSe/c1-73(2,3)54-35-37-56(38-36-54)76(64-32-19-18-30-60(64)50-23-12-8-13-24-50)57-39-40-63-66(47-57)77(65-41-33-52(48-21-10-7-11-22-48)43-61(65)51-25-14-9-15-26-51)67-45-55(74(4,5)6)46-69-70(67)75(63)72-71(79-69)62-44-53(34-42-68(62)78-72)59-31-20-28-49-27-16-17-29-58(49)59/h7-15,18-26,28,30-47H,16-17,27,29H2,1-6H3. The van der Waals surface area contributed by atoms with Crippen LogP contribution in [0.25, 0.3) is 54.6 Å². The SMILES string of the molecule is CC(C)(C)c1ccc(N(c2ccc3c(c2)N(c2ccc(-c4ccccc4)cc2-c2ccccc2)c2cc(C(C)(C)C)cc4c2B3c2sc3ccc(-c5cccc6c5CCCC6)cc3c2[Se]4)c2ccccc2-c2ccccc2)cc1. The molecule has 5 heteroatoms. The van der Waals surface area contributed by atoms with E-state index in [4.69, 9.17) is 0 Å². The molecule has 2 aliphatic heterocycles. The molecule has 1 aromatic heterocycles. The van der Waals surface area contributed by atoms with Gasteiger partial charge in [-0.3, -0.25) is 0 Å². The van der Waals surface area contributed by atoms with Crippen molar-refractivity contribution in [2.75, 3.05) is 9.80 Å². The molecular weight excluding hydrogens is 1040 g/mol. The zero-order valence-electron chi connectivity index (χ0n) is 46.0. The molecular formula is C74H63BN2SSe. The van der Waals surface area contributed by atoms with Gasteiger partial charge >= 0.3 is 437 Å². The Kier molecular flexibility index (Phi) is 12.3.